The summed E-state index contributed by atoms with van der Waals surface area (Å²) in [7, 11) is 0. The molecule has 2 heterocycles. The van der Waals surface area contributed by atoms with Crippen LogP contribution in [-0.2, 0) is 17.8 Å². The second kappa shape index (κ2) is 5.69. The second-order valence-electron chi connectivity index (χ2n) is 5.50. The molecule has 0 aliphatic carbocycles. The lowest BCUT2D eigenvalue weighted by Crippen LogP contribution is -2.42. The molecule has 0 unspecified atom stereocenters. The fourth-order valence-corrected chi connectivity index (χ4v) is 2.29. The van der Waals surface area contributed by atoms with Gasteiger partial charge in [0.2, 0.25) is 5.89 Å². The Morgan fingerprint density at radius 3 is 2.74 bits per heavy atom. The van der Waals surface area contributed by atoms with Crippen molar-refractivity contribution in [3.8, 4) is 0 Å². The molecule has 2 rings (SSSR count). The molecule has 106 valence electrons. The largest absolute Gasteiger partial charge is 0.481 e. The van der Waals surface area contributed by atoms with Crippen LogP contribution in [0.4, 0.5) is 0 Å². The summed E-state index contributed by atoms with van der Waals surface area (Å²) in [5, 5.41) is 13.1. The van der Waals surface area contributed by atoms with Gasteiger partial charge in [-0.05, 0) is 39.3 Å². The zero-order valence-corrected chi connectivity index (χ0v) is 11.6. The van der Waals surface area contributed by atoms with Gasteiger partial charge >= 0.3 is 5.97 Å². The van der Waals surface area contributed by atoms with Crippen molar-refractivity contribution < 1.29 is 14.4 Å². The van der Waals surface area contributed by atoms with Gasteiger partial charge in [0.25, 0.3) is 0 Å². The van der Waals surface area contributed by atoms with Gasteiger partial charge in [0.15, 0.2) is 5.82 Å². The molecule has 1 fully saturated rings. The lowest BCUT2D eigenvalue weighted by atomic mass is 9.80. The van der Waals surface area contributed by atoms with E-state index >= 15 is 0 Å². The minimum atomic E-state index is -0.697. The molecule has 0 saturated carbocycles. The first kappa shape index (κ1) is 14.0. The molecule has 6 heteroatoms. The van der Waals surface area contributed by atoms with Gasteiger partial charge in [-0.25, -0.2) is 0 Å². The molecule has 1 N–H and O–H groups in total. The van der Waals surface area contributed by atoms with Crippen molar-refractivity contribution >= 4 is 5.97 Å². The average Bonchev–Trinajstić information content (AvgIpc) is 2.80. The van der Waals surface area contributed by atoms with Crippen molar-refractivity contribution in [1.29, 1.82) is 0 Å². The fraction of sp³-hybridized carbons (Fsp3) is 0.769. The van der Waals surface area contributed by atoms with Crippen molar-refractivity contribution in [2.75, 3.05) is 13.1 Å². The molecule has 0 spiro atoms. The zero-order valence-electron chi connectivity index (χ0n) is 11.6. The summed E-state index contributed by atoms with van der Waals surface area (Å²) in [4.78, 5) is 17.7. The molecule has 1 aromatic heterocycles. The van der Waals surface area contributed by atoms with Crippen molar-refractivity contribution in [3.05, 3.63) is 11.7 Å². The number of carbonyl (C=O) groups is 1. The van der Waals surface area contributed by atoms with E-state index in [9.17, 15) is 9.90 Å². The maximum absolute atomic E-state index is 11.2. The number of rotatable bonds is 5. The monoisotopic (exact) mass is 267 g/mol. The third kappa shape index (κ3) is 3.32. The third-order valence-electron chi connectivity index (χ3n) is 3.81. The Morgan fingerprint density at radius 2 is 2.16 bits per heavy atom. The standard InChI is InChI=1S/C13H21N3O3/c1-3-4-11-14-10(15-19-11)9-16-7-5-13(2,6-8-16)12(17)18/h3-9H2,1-2H3,(H,17,18). The number of nitrogens with zero attached hydrogens (tertiary/aromatic N) is 3. The molecule has 1 aliphatic heterocycles. The Hall–Kier alpha value is -1.43. The highest BCUT2D eigenvalue weighted by Gasteiger charge is 2.36. The van der Waals surface area contributed by atoms with Crippen molar-refractivity contribution in [1.82, 2.24) is 15.0 Å². The van der Waals surface area contributed by atoms with E-state index in [2.05, 4.69) is 22.0 Å². The highest BCUT2D eigenvalue weighted by atomic mass is 16.5. The van der Waals surface area contributed by atoms with Gasteiger partial charge in [-0.1, -0.05) is 12.1 Å². The van der Waals surface area contributed by atoms with E-state index in [4.69, 9.17) is 4.52 Å². The number of likely N-dealkylation sites (tertiary alicyclic amines) is 1. The summed E-state index contributed by atoms with van der Waals surface area (Å²) in [5.74, 6) is 0.684. The highest BCUT2D eigenvalue weighted by Crippen LogP contribution is 2.31. The predicted octanol–water partition coefficient (Wildman–Crippen LogP) is 1.71. The normalized spacial score (nSPS) is 19.5. The lowest BCUT2D eigenvalue weighted by Gasteiger charge is -2.35. The molecule has 6 nitrogen and oxygen atoms in total. The number of carboxylic acids is 1. The van der Waals surface area contributed by atoms with Gasteiger partial charge in [-0.2, -0.15) is 4.98 Å². The summed E-state index contributed by atoms with van der Waals surface area (Å²) in [6.45, 7) is 6.06. The van der Waals surface area contributed by atoms with Crippen molar-refractivity contribution in [2.45, 2.75) is 46.1 Å². The second-order valence-corrected chi connectivity index (χ2v) is 5.50. The Bertz CT molecular complexity index is 436. The fourth-order valence-electron chi connectivity index (χ4n) is 2.29. The molecule has 1 aliphatic rings. The van der Waals surface area contributed by atoms with Crippen LogP contribution >= 0.6 is 0 Å². The molecular formula is C13H21N3O3. The molecule has 0 amide bonds. The predicted molar refractivity (Wildman–Crippen MR) is 68.5 cm³/mol. The molecular weight excluding hydrogens is 246 g/mol. The Kier molecular flexibility index (Phi) is 4.19. The first-order valence-corrected chi connectivity index (χ1v) is 6.81. The SMILES string of the molecule is CCCc1nc(CN2CCC(C)(C(=O)O)CC2)no1. The number of piperidine rings is 1. The first-order valence-electron chi connectivity index (χ1n) is 6.81. The van der Waals surface area contributed by atoms with Gasteiger partial charge in [0, 0.05) is 6.42 Å². The average molecular weight is 267 g/mol. The van der Waals surface area contributed by atoms with Gasteiger partial charge in [0.1, 0.15) is 0 Å². The molecule has 0 atom stereocenters. The van der Waals surface area contributed by atoms with E-state index in [0.29, 0.717) is 31.1 Å². The first-order chi connectivity index (χ1) is 9.03. The molecule has 0 radical (unpaired) electrons. The number of aryl methyl sites for hydroxylation is 1. The topological polar surface area (TPSA) is 79.5 Å². The van der Waals surface area contributed by atoms with Gasteiger partial charge < -0.3 is 9.63 Å². The summed E-state index contributed by atoms with van der Waals surface area (Å²) in [6, 6.07) is 0. The third-order valence-corrected chi connectivity index (χ3v) is 3.81. The van der Waals surface area contributed by atoms with Crippen LogP contribution in [0.1, 0.15) is 44.8 Å². The summed E-state index contributed by atoms with van der Waals surface area (Å²) < 4.78 is 5.14. The van der Waals surface area contributed by atoms with E-state index in [1.54, 1.807) is 0 Å². The molecule has 0 aromatic carbocycles. The van der Waals surface area contributed by atoms with E-state index in [1.165, 1.54) is 0 Å². The molecule has 0 bridgehead atoms. The maximum Gasteiger partial charge on any atom is 0.309 e. The molecule has 1 aromatic rings. The molecule has 1 saturated heterocycles. The van der Waals surface area contributed by atoms with E-state index < -0.39 is 11.4 Å². The van der Waals surface area contributed by atoms with Crippen LogP contribution < -0.4 is 0 Å². The van der Waals surface area contributed by atoms with E-state index in [-0.39, 0.29) is 0 Å². The van der Waals surface area contributed by atoms with Gasteiger partial charge in [0.05, 0.1) is 12.0 Å². The van der Waals surface area contributed by atoms with Crippen LogP contribution in [-0.4, -0.2) is 39.2 Å². The number of aromatic nitrogens is 2. The van der Waals surface area contributed by atoms with E-state index in [1.807, 2.05) is 6.92 Å². The summed E-state index contributed by atoms with van der Waals surface area (Å²) >= 11 is 0. The van der Waals surface area contributed by atoms with Crippen molar-refractivity contribution in [2.24, 2.45) is 5.41 Å². The van der Waals surface area contributed by atoms with Gasteiger partial charge in [-0.15, -0.1) is 0 Å². The van der Waals surface area contributed by atoms with Crippen LogP contribution in [0, 0.1) is 5.41 Å². The van der Waals surface area contributed by atoms with Crippen LogP contribution in [0.2, 0.25) is 0 Å². The quantitative estimate of drug-likeness (QED) is 0.874. The van der Waals surface area contributed by atoms with Crippen LogP contribution in [0.25, 0.3) is 0 Å². The Morgan fingerprint density at radius 1 is 1.47 bits per heavy atom. The minimum Gasteiger partial charge on any atom is -0.481 e. The number of hydrogen-bond acceptors (Lipinski definition) is 5. The number of hydrogen-bond donors (Lipinski definition) is 1. The number of carboxylic acid groups (broad SMARTS) is 1. The molecule has 19 heavy (non-hydrogen) atoms. The van der Waals surface area contributed by atoms with Gasteiger partial charge in [-0.3, -0.25) is 9.69 Å². The van der Waals surface area contributed by atoms with Crippen molar-refractivity contribution in [3.63, 3.8) is 0 Å². The van der Waals surface area contributed by atoms with Crippen LogP contribution in [0.15, 0.2) is 4.52 Å². The lowest BCUT2D eigenvalue weighted by molar-refractivity contribution is -0.150. The summed E-state index contributed by atoms with van der Waals surface area (Å²) in [5.41, 5.74) is -0.582. The van der Waals surface area contributed by atoms with Crippen LogP contribution in [0.5, 0.6) is 0 Å². The zero-order chi connectivity index (χ0) is 13.9. The highest BCUT2D eigenvalue weighted by molar-refractivity contribution is 5.74. The van der Waals surface area contributed by atoms with Crippen LogP contribution in [0.3, 0.4) is 0 Å². The minimum absolute atomic E-state index is 0.582. The smallest absolute Gasteiger partial charge is 0.309 e. The Labute approximate surface area is 112 Å². The summed E-state index contributed by atoms with van der Waals surface area (Å²) in [6.07, 6.45) is 3.14. The number of aliphatic carboxylic acids is 1. The maximum atomic E-state index is 11.2. The Balaban J connectivity index is 1.86. The van der Waals surface area contributed by atoms with E-state index in [0.717, 1.165) is 25.9 Å².